The molecular formula is C15H17F2NO3. The van der Waals surface area contributed by atoms with E-state index in [1.807, 2.05) is 0 Å². The molecule has 3 rings (SSSR count). The number of ether oxygens (including phenoxy) is 2. The first kappa shape index (κ1) is 14.4. The van der Waals surface area contributed by atoms with Crippen LogP contribution in [0.4, 0.5) is 8.78 Å². The van der Waals surface area contributed by atoms with E-state index in [1.54, 1.807) is 4.90 Å². The lowest BCUT2D eigenvalue weighted by Crippen LogP contribution is -2.43. The summed E-state index contributed by atoms with van der Waals surface area (Å²) in [5.41, 5.74) is -0.594. The second kappa shape index (κ2) is 4.74. The Kier molecular flexibility index (Phi) is 3.26. The Labute approximate surface area is 121 Å². The van der Waals surface area contributed by atoms with Crippen LogP contribution in [0, 0.1) is 11.6 Å². The van der Waals surface area contributed by atoms with Crippen molar-refractivity contribution in [2.45, 2.75) is 31.2 Å². The van der Waals surface area contributed by atoms with Crippen LogP contribution in [0.2, 0.25) is 0 Å². The minimum Gasteiger partial charge on any atom is -0.347 e. The van der Waals surface area contributed by atoms with Crippen molar-refractivity contribution in [3.05, 3.63) is 35.4 Å². The van der Waals surface area contributed by atoms with E-state index < -0.39 is 23.0 Å². The number of hydrogen-bond acceptors (Lipinski definition) is 3. The average molecular weight is 297 g/mol. The summed E-state index contributed by atoms with van der Waals surface area (Å²) < 4.78 is 38.7. The standard InChI is InChI=1S/C15H17F2NO3/c1-10(19)18-7-5-14(6-8-18)15(20-2,21-14)12-9-11(16)3-4-13(12)17/h3-4,9H,5-8H2,1-2H3. The lowest BCUT2D eigenvalue weighted by molar-refractivity contribution is -0.130. The van der Waals surface area contributed by atoms with Crippen LogP contribution in [-0.2, 0) is 20.1 Å². The molecule has 0 aliphatic carbocycles. The molecule has 114 valence electrons. The van der Waals surface area contributed by atoms with Crippen LogP contribution in [0.15, 0.2) is 18.2 Å². The number of nitrogens with zero attached hydrogens (tertiary/aromatic N) is 1. The number of epoxide rings is 1. The van der Waals surface area contributed by atoms with Gasteiger partial charge in [-0.3, -0.25) is 4.79 Å². The van der Waals surface area contributed by atoms with Gasteiger partial charge in [0.2, 0.25) is 11.7 Å². The average Bonchev–Trinajstić information content (AvgIpc) is 3.10. The number of benzene rings is 1. The molecule has 1 amide bonds. The van der Waals surface area contributed by atoms with E-state index >= 15 is 0 Å². The van der Waals surface area contributed by atoms with Gasteiger partial charge in [-0.2, -0.15) is 0 Å². The summed E-state index contributed by atoms with van der Waals surface area (Å²) >= 11 is 0. The molecule has 1 atom stereocenters. The molecule has 21 heavy (non-hydrogen) atoms. The maximum absolute atomic E-state index is 14.0. The maximum atomic E-state index is 14.0. The monoisotopic (exact) mass is 297 g/mol. The second-order valence-corrected chi connectivity index (χ2v) is 5.55. The summed E-state index contributed by atoms with van der Waals surface area (Å²) in [5.74, 6) is -2.33. The van der Waals surface area contributed by atoms with E-state index in [0.717, 1.165) is 18.2 Å². The van der Waals surface area contributed by atoms with Gasteiger partial charge in [-0.25, -0.2) is 8.78 Å². The zero-order valence-corrected chi connectivity index (χ0v) is 12.0. The zero-order chi connectivity index (χ0) is 15.3. The summed E-state index contributed by atoms with van der Waals surface area (Å²) in [4.78, 5) is 13.1. The molecule has 6 heteroatoms. The SMILES string of the molecule is COC1(c2cc(F)ccc2F)OC12CCN(C(C)=O)CC2. The normalized spacial score (nSPS) is 27.0. The minimum absolute atomic E-state index is 0.00505. The van der Waals surface area contributed by atoms with Gasteiger partial charge in [-0.05, 0) is 31.0 Å². The van der Waals surface area contributed by atoms with Crippen LogP contribution >= 0.6 is 0 Å². The molecular weight excluding hydrogens is 280 g/mol. The first-order valence-corrected chi connectivity index (χ1v) is 6.90. The van der Waals surface area contributed by atoms with Crippen molar-refractivity contribution in [3.8, 4) is 0 Å². The summed E-state index contributed by atoms with van der Waals surface area (Å²) in [6, 6.07) is 3.26. The van der Waals surface area contributed by atoms with Gasteiger partial charge >= 0.3 is 0 Å². The number of amides is 1. The van der Waals surface area contributed by atoms with Gasteiger partial charge in [-0.15, -0.1) is 0 Å². The second-order valence-electron chi connectivity index (χ2n) is 5.55. The number of carbonyl (C=O) groups excluding carboxylic acids is 1. The molecule has 0 radical (unpaired) electrons. The first-order chi connectivity index (χ1) is 9.94. The number of likely N-dealkylation sites (tertiary alicyclic amines) is 1. The molecule has 4 nitrogen and oxygen atoms in total. The Hall–Kier alpha value is -1.53. The van der Waals surface area contributed by atoms with Crippen LogP contribution < -0.4 is 0 Å². The molecule has 0 N–H and O–H groups in total. The van der Waals surface area contributed by atoms with E-state index in [0.29, 0.717) is 25.9 Å². The number of carbonyl (C=O) groups is 1. The fourth-order valence-corrected chi connectivity index (χ4v) is 3.25. The van der Waals surface area contributed by atoms with E-state index in [9.17, 15) is 13.6 Å². The predicted octanol–water partition coefficient (Wildman–Crippen LogP) is 2.18. The minimum atomic E-state index is -1.25. The van der Waals surface area contributed by atoms with Crippen molar-refractivity contribution >= 4 is 5.91 Å². The molecule has 1 spiro atoms. The van der Waals surface area contributed by atoms with E-state index in [4.69, 9.17) is 9.47 Å². The van der Waals surface area contributed by atoms with E-state index in [1.165, 1.54) is 14.0 Å². The van der Waals surface area contributed by atoms with Crippen LogP contribution in [0.3, 0.4) is 0 Å². The lowest BCUT2D eigenvalue weighted by Gasteiger charge is -2.31. The number of piperidine rings is 1. The van der Waals surface area contributed by atoms with Crippen molar-refractivity contribution in [2.24, 2.45) is 0 Å². The third kappa shape index (κ3) is 2.05. The van der Waals surface area contributed by atoms with E-state index in [2.05, 4.69) is 0 Å². The molecule has 2 aliphatic rings. The third-order valence-corrected chi connectivity index (χ3v) is 4.48. The summed E-state index contributed by atoms with van der Waals surface area (Å²) in [6.45, 7) is 2.57. The highest BCUT2D eigenvalue weighted by Gasteiger charge is 2.73. The summed E-state index contributed by atoms with van der Waals surface area (Å²) in [5, 5.41) is 0. The Bertz CT molecular complexity index is 584. The van der Waals surface area contributed by atoms with Gasteiger partial charge in [0, 0.05) is 27.1 Å². The molecule has 2 saturated heterocycles. The zero-order valence-electron chi connectivity index (χ0n) is 12.0. The number of rotatable bonds is 2. The number of hydrogen-bond donors (Lipinski definition) is 0. The van der Waals surface area contributed by atoms with Crippen LogP contribution in [0.1, 0.15) is 25.3 Å². The highest BCUT2D eigenvalue weighted by Crippen LogP contribution is 2.61. The van der Waals surface area contributed by atoms with Gasteiger partial charge < -0.3 is 14.4 Å². The van der Waals surface area contributed by atoms with Crippen molar-refractivity contribution in [3.63, 3.8) is 0 Å². The molecule has 1 unspecified atom stereocenters. The quantitative estimate of drug-likeness (QED) is 0.786. The van der Waals surface area contributed by atoms with Gasteiger partial charge in [0.25, 0.3) is 0 Å². The highest BCUT2D eigenvalue weighted by atomic mass is 19.1. The van der Waals surface area contributed by atoms with Gasteiger partial charge in [0.1, 0.15) is 17.2 Å². The largest absolute Gasteiger partial charge is 0.347 e. The molecule has 0 aromatic heterocycles. The molecule has 1 aromatic carbocycles. The Morgan fingerprint density at radius 2 is 2.00 bits per heavy atom. The summed E-state index contributed by atoms with van der Waals surface area (Å²) in [6.07, 6.45) is 1.08. The van der Waals surface area contributed by atoms with Crippen molar-refractivity contribution in [1.29, 1.82) is 0 Å². The van der Waals surface area contributed by atoms with E-state index in [-0.39, 0.29) is 11.5 Å². The van der Waals surface area contributed by atoms with Crippen LogP contribution in [0.25, 0.3) is 0 Å². The smallest absolute Gasteiger partial charge is 0.228 e. The summed E-state index contributed by atoms with van der Waals surface area (Å²) in [7, 11) is 1.43. The lowest BCUT2D eigenvalue weighted by atomic mass is 9.87. The van der Waals surface area contributed by atoms with Crippen LogP contribution in [0.5, 0.6) is 0 Å². The molecule has 0 saturated carbocycles. The Morgan fingerprint density at radius 3 is 2.57 bits per heavy atom. The number of halogens is 2. The van der Waals surface area contributed by atoms with Crippen LogP contribution in [-0.4, -0.2) is 36.6 Å². The third-order valence-electron chi connectivity index (χ3n) is 4.48. The maximum Gasteiger partial charge on any atom is 0.228 e. The fraction of sp³-hybridized carbons (Fsp3) is 0.533. The fourth-order valence-electron chi connectivity index (χ4n) is 3.25. The predicted molar refractivity (Wildman–Crippen MR) is 70.3 cm³/mol. The van der Waals surface area contributed by atoms with Gasteiger partial charge in [-0.1, -0.05) is 0 Å². The Morgan fingerprint density at radius 1 is 1.33 bits per heavy atom. The van der Waals surface area contributed by atoms with Gasteiger partial charge in [0.15, 0.2) is 0 Å². The number of methoxy groups -OCH3 is 1. The van der Waals surface area contributed by atoms with Gasteiger partial charge in [0.05, 0.1) is 5.56 Å². The Balaban J connectivity index is 1.88. The first-order valence-electron chi connectivity index (χ1n) is 6.90. The molecule has 0 bridgehead atoms. The molecule has 2 aliphatic heterocycles. The van der Waals surface area contributed by atoms with Crippen molar-refractivity contribution < 1.29 is 23.0 Å². The molecule has 1 aromatic rings. The molecule has 2 heterocycles. The van der Waals surface area contributed by atoms with Crippen molar-refractivity contribution in [1.82, 2.24) is 4.90 Å². The molecule has 2 fully saturated rings. The van der Waals surface area contributed by atoms with Crippen molar-refractivity contribution in [2.75, 3.05) is 20.2 Å². The highest BCUT2D eigenvalue weighted by molar-refractivity contribution is 5.73. The topological polar surface area (TPSA) is 42.1 Å².